The van der Waals surface area contributed by atoms with Crippen LogP contribution in [0.3, 0.4) is 0 Å². The van der Waals surface area contributed by atoms with Crippen LogP contribution in [0, 0.1) is 11.3 Å². The number of rotatable bonds is 5. The van der Waals surface area contributed by atoms with Crippen LogP contribution >= 0.6 is 31.9 Å². The average Bonchev–Trinajstić information content (AvgIpc) is 2.57. The first-order valence-corrected chi connectivity index (χ1v) is 10.1. The molecular formula is C17H13Br2NO4S. The van der Waals surface area contributed by atoms with Crippen molar-refractivity contribution in [2.24, 2.45) is 0 Å². The molecule has 0 aromatic heterocycles. The predicted molar refractivity (Wildman–Crippen MR) is 102 cm³/mol. The van der Waals surface area contributed by atoms with Crippen molar-refractivity contribution in [3.05, 3.63) is 55.8 Å². The standard InChI is InChI=1S/C17H13Br2NO4S/c1-2-24-16-8-11(3-6-15(16)21)7-13(10-20)25(22,23)17-9-12(18)4-5-14(17)19/h3-9,21H,2H2,1H3/b13-7+. The van der Waals surface area contributed by atoms with E-state index in [4.69, 9.17) is 4.74 Å². The van der Waals surface area contributed by atoms with Gasteiger partial charge >= 0.3 is 0 Å². The van der Waals surface area contributed by atoms with Crippen LogP contribution in [0.2, 0.25) is 0 Å². The molecule has 5 nitrogen and oxygen atoms in total. The Kier molecular flexibility index (Phi) is 6.27. The first-order valence-electron chi connectivity index (χ1n) is 7.07. The number of benzene rings is 2. The molecule has 0 amide bonds. The third-order valence-electron chi connectivity index (χ3n) is 3.16. The van der Waals surface area contributed by atoms with E-state index in [1.165, 1.54) is 30.3 Å². The van der Waals surface area contributed by atoms with Crippen molar-refractivity contribution >= 4 is 47.8 Å². The Balaban J connectivity index is 2.56. The van der Waals surface area contributed by atoms with Gasteiger partial charge in [-0.1, -0.05) is 22.0 Å². The molecular weight excluding hydrogens is 474 g/mol. The average molecular weight is 487 g/mol. The van der Waals surface area contributed by atoms with Crippen molar-refractivity contribution in [2.75, 3.05) is 6.61 Å². The SMILES string of the molecule is CCOc1cc(/C=C(\C#N)S(=O)(=O)c2cc(Br)ccc2Br)ccc1O. The fraction of sp³-hybridized carbons (Fsp3) is 0.118. The second kappa shape index (κ2) is 8.04. The minimum Gasteiger partial charge on any atom is -0.504 e. The van der Waals surface area contributed by atoms with Crippen LogP contribution in [0.25, 0.3) is 6.08 Å². The van der Waals surface area contributed by atoms with E-state index >= 15 is 0 Å². The molecule has 1 N–H and O–H groups in total. The highest BCUT2D eigenvalue weighted by Gasteiger charge is 2.24. The highest BCUT2D eigenvalue weighted by molar-refractivity contribution is 9.11. The molecule has 0 unspecified atom stereocenters. The number of phenols is 1. The first kappa shape index (κ1) is 19.5. The van der Waals surface area contributed by atoms with E-state index in [0.29, 0.717) is 21.1 Å². The third-order valence-corrected chi connectivity index (χ3v) is 6.32. The lowest BCUT2D eigenvalue weighted by atomic mass is 10.2. The Labute approximate surface area is 162 Å². The fourth-order valence-electron chi connectivity index (χ4n) is 2.01. The topological polar surface area (TPSA) is 87.4 Å². The van der Waals surface area contributed by atoms with E-state index in [-0.39, 0.29) is 16.4 Å². The van der Waals surface area contributed by atoms with Crippen molar-refractivity contribution in [3.8, 4) is 17.6 Å². The van der Waals surface area contributed by atoms with Crippen LogP contribution in [0.15, 0.2) is 55.1 Å². The van der Waals surface area contributed by atoms with Crippen LogP contribution in [-0.4, -0.2) is 20.1 Å². The zero-order valence-corrected chi connectivity index (χ0v) is 17.0. The quantitative estimate of drug-likeness (QED) is 0.621. The number of phenolic OH excluding ortho intramolecular Hbond substituents is 1. The van der Waals surface area contributed by atoms with Gasteiger partial charge in [-0.05, 0) is 64.8 Å². The van der Waals surface area contributed by atoms with E-state index in [1.54, 1.807) is 25.1 Å². The molecule has 0 aliphatic rings. The predicted octanol–water partition coefficient (Wildman–Crippen LogP) is 4.65. The maximum absolute atomic E-state index is 12.8. The Hall–Kier alpha value is -1.82. The fourth-order valence-corrected chi connectivity index (χ4v) is 4.67. The lowest BCUT2D eigenvalue weighted by Gasteiger charge is -2.08. The van der Waals surface area contributed by atoms with Gasteiger partial charge in [0.05, 0.1) is 11.5 Å². The third kappa shape index (κ3) is 4.42. The normalized spacial score (nSPS) is 11.8. The molecule has 25 heavy (non-hydrogen) atoms. The molecule has 0 aliphatic carbocycles. The summed E-state index contributed by atoms with van der Waals surface area (Å²) in [5.41, 5.74) is 0.424. The molecule has 0 fully saturated rings. The van der Waals surface area contributed by atoms with Gasteiger partial charge in [-0.15, -0.1) is 0 Å². The Morgan fingerprint density at radius 1 is 1.28 bits per heavy atom. The number of nitriles is 1. The number of aromatic hydroxyl groups is 1. The van der Waals surface area contributed by atoms with Crippen molar-refractivity contribution in [3.63, 3.8) is 0 Å². The Morgan fingerprint density at radius 3 is 2.64 bits per heavy atom. The van der Waals surface area contributed by atoms with E-state index in [1.807, 2.05) is 0 Å². The molecule has 0 saturated heterocycles. The minimum absolute atomic E-state index is 0.0153. The summed E-state index contributed by atoms with van der Waals surface area (Å²) in [6.45, 7) is 2.10. The molecule has 0 heterocycles. The van der Waals surface area contributed by atoms with Crippen molar-refractivity contribution < 1.29 is 18.3 Å². The van der Waals surface area contributed by atoms with E-state index in [0.717, 1.165) is 0 Å². The molecule has 2 rings (SSSR count). The summed E-state index contributed by atoms with van der Waals surface area (Å²) in [5.74, 6) is 0.157. The molecule has 0 aliphatic heterocycles. The Morgan fingerprint density at radius 2 is 2.00 bits per heavy atom. The van der Waals surface area contributed by atoms with Crippen LogP contribution in [-0.2, 0) is 9.84 Å². The lowest BCUT2D eigenvalue weighted by Crippen LogP contribution is -2.04. The molecule has 2 aromatic rings. The number of allylic oxidation sites excluding steroid dienone is 1. The van der Waals surface area contributed by atoms with Gasteiger partial charge in [0.25, 0.3) is 0 Å². The Bertz CT molecular complexity index is 979. The van der Waals surface area contributed by atoms with Crippen LogP contribution in [0.1, 0.15) is 12.5 Å². The highest BCUT2D eigenvalue weighted by Crippen LogP contribution is 2.32. The van der Waals surface area contributed by atoms with Gasteiger partial charge < -0.3 is 9.84 Å². The van der Waals surface area contributed by atoms with Gasteiger partial charge in [-0.25, -0.2) is 8.42 Å². The maximum atomic E-state index is 12.8. The largest absolute Gasteiger partial charge is 0.504 e. The van der Waals surface area contributed by atoms with Crippen molar-refractivity contribution in [1.82, 2.24) is 0 Å². The summed E-state index contributed by atoms with van der Waals surface area (Å²) in [6, 6.07) is 10.8. The molecule has 8 heteroatoms. The van der Waals surface area contributed by atoms with Crippen LogP contribution in [0.4, 0.5) is 0 Å². The maximum Gasteiger partial charge on any atom is 0.217 e. The number of ether oxygens (including phenoxy) is 1. The van der Waals surface area contributed by atoms with Gasteiger partial charge in [-0.3, -0.25) is 0 Å². The van der Waals surface area contributed by atoms with Gasteiger partial charge in [0.2, 0.25) is 9.84 Å². The number of hydrogen-bond acceptors (Lipinski definition) is 5. The van der Waals surface area contributed by atoms with E-state index < -0.39 is 14.7 Å². The molecule has 0 atom stereocenters. The molecule has 0 radical (unpaired) electrons. The van der Waals surface area contributed by atoms with Crippen molar-refractivity contribution in [1.29, 1.82) is 5.26 Å². The summed E-state index contributed by atoms with van der Waals surface area (Å²) < 4.78 is 31.8. The molecule has 2 aromatic carbocycles. The molecule has 0 saturated carbocycles. The van der Waals surface area contributed by atoms with Crippen molar-refractivity contribution in [2.45, 2.75) is 11.8 Å². The molecule has 130 valence electrons. The zero-order chi connectivity index (χ0) is 18.6. The lowest BCUT2D eigenvalue weighted by molar-refractivity contribution is 0.318. The smallest absolute Gasteiger partial charge is 0.217 e. The molecule has 0 bridgehead atoms. The summed E-state index contributed by atoms with van der Waals surface area (Å²) in [6.07, 6.45) is 1.24. The highest BCUT2D eigenvalue weighted by atomic mass is 79.9. The summed E-state index contributed by atoms with van der Waals surface area (Å²) in [5, 5.41) is 19.1. The summed E-state index contributed by atoms with van der Waals surface area (Å²) in [4.78, 5) is -0.432. The number of hydrogen-bond donors (Lipinski definition) is 1. The van der Waals surface area contributed by atoms with E-state index in [9.17, 15) is 18.8 Å². The van der Waals surface area contributed by atoms with E-state index in [2.05, 4.69) is 31.9 Å². The zero-order valence-electron chi connectivity index (χ0n) is 13.0. The van der Waals surface area contributed by atoms with Crippen LogP contribution < -0.4 is 4.74 Å². The van der Waals surface area contributed by atoms with Gasteiger partial charge in [0, 0.05) is 8.95 Å². The minimum atomic E-state index is -4.02. The number of nitrogens with zero attached hydrogens (tertiary/aromatic N) is 1. The van der Waals surface area contributed by atoms with Gasteiger partial charge in [0.1, 0.15) is 11.0 Å². The van der Waals surface area contributed by atoms with Crippen LogP contribution in [0.5, 0.6) is 11.5 Å². The second-order valence-corrected chi connectivity index (χ2v) is 8.52. The number of halogens is 2. The first-order chi connectivity index (χ1) is 11.8. The second-order valence-electron chi connectivity index (χ2n) is 4.86. The van der Waals surface area contributed by atoms with Gasteiger partial charge in [0.15, 0.2) is 11.5 Å². The molecule has 0 spiro atoms. The monoisotopic (exact) mass is 485 g/mol. The van der Waals surface area contributed by atoms with Gasteiger partial charge in [-0.2, -0.15) is 5.26 Å². The summed E-state index contributed by atoms with van der Waals surface area (Å²) in [7, 11) is -4.02. The number of sulfone groups is 1. The summed E-state index contributed by atoms with van der Waals surface area (Å²) >= 11 is 6.43.